The van der Waals surface area contributed by atoms with Crippen LogP contribution in [0.25, 0.3) is 22.1 Å². The molecular weight excluding hydrogens is 270 g/mol. The maximum atomic E-state index is 6.28. The van der Waals surface area contributed by atoms with E-state index in [0.29, 0.717) is 5.92 Å². The average Bonchev–Trinajstić information content (AvgIpc) is 2.96. The Hall–Kier alpha value is -2.22. The fraction of sp³-hybridized carbons (Fsp3) is 0.300. The van der Waals surface area contributed by atoms with E-state index in [1.807, 2.05) is 6.26 Å². The van der Waals surface area contributed by atoms with E-state index in [2.05, 4.69) is 58.9 Å². The summed E-state index contributed by atoms with van der Waals surface area (Å²) in [5.41, 5.74) is 15.1. The Kier molecular flexibility index (Phi) is 3.48. The number of hydrogen-bond donors (Lipinski definition) is 1. The number of anilines is 1. The number of nitrogens with two attached hydrogens (primary N) is 1. The van der Waals surface area contributed by atoms with Crippen LogP contribution in [0.5, 0.6) is 0 Å². The molecule has 3 aromatic rings. The quantitative estimate of drug-likeness (QED) is 0.613. The largest absolute Gasteiger partial charge is 0.463 e. The second-order valence-electron chi connectivity index (χ2n) is 6.42. The molecule has 0 aliphatic carbocycles. The maximum absolute atomic E-state index is 6.28. The van der Waals surface area contributed by atoms with E-state index in [0.717, 1.165) is 38.9 Å². The summed E-state index contributed by atoms with van der Waals surface area (Å²) >= 11 is 0. The third-order valence-electron chi connectivity index (χ3n) is 4.77. The maximum Gasteiger partial charge on any atom is 0.138 e. The minimum absolute atomic E-state index is 0.539. The Morgan fingerprint density at radius 3 is 2.14 bits per heavy atom. The molecule has 0 amide bonds. The first-order valence-electron chi connectivity index (χ1n) is 7.78. The molecule has 3 rings (SSSR count). The fourth-order valence-corrected chi connectivity index (χ4v) is 3.05. The van der Waals surface area contributed by atoms with Gasteiger partial charge in [-0.1, -0.05) is 38.1 Å². The molecule has 0 bridgehead atoms. The van der Waals surface area contributed by atoms with Gasteiger partial charge in [0.1, 0.15) is 5.58 Å². The van der Waals surface area contributed by atoms with Crippen molar-refractivity contribution in [2.45, 2.75) is 40.5 Å². The predicted octanol–water partition coefficient (Wildman–Crippen LogP) is 5.73. The summed E-state index contributed by atoms with van der Waals surface area (Å²) in [5, 5.41) is 1.14. The summed E-state index contributed by atoms with van der Waals surface area (Å²) < 4.78 is 5.87. The van der Waals surface area contributed by atoms with Crippen LogP contribution in [-0.4, -0.2) is 0 Å². The van der Waals surface area contributed by atoms with Gasteiger partial charge in [-0.15, -0.1) is 0 Å². The first-order chi connectivity index (χ1) is 10.4. The lowest BCUT2D eigenvalue weighted by Crippen LogP contribution is -1.97. The van der Waals surface area contributed by atoms with Crippen LogP contribution >= 0.6 is 0 Å². The molecule has 114 valence electrons. The lowest BCUT2D eigenvalue weighted by Gasteiger charge is -2.11. The van der Waals surface area contributed by atoms with Gasteiger partial charge in [-0.05, 0) is 54.5 Å². The molecule has 0 aliphatic rings. The van der Waals surface area contributed by atoms with Gasteiger partial charge in [0, 0.05) is 16.6 Å². The predicted molar refractivity (Wildman–Crippen MR) is 94.4 cm³/mol. The van der Waals surface area contributed by atoms with E-state index in [1.165, 1.54) is 11.1 Å². The molecular formula is C20H23NO. The zero-order valence-electron chi connectivity index (χ0n) is 13.9. The molecule has 2 N–H and O–H groups in total. The molecule has 2 nitrogen and oxygen atoms in total. The van der Waals surface area contributed by atoms with Gasteiger partial charge in [0.2, 0.25) is 0 Å². The van der Waals surface area contributed by atoms with Gasteiger partial charge < -0.3 is 10.2 Å². The minimum atomic E-state index is 0.539. The van der Waals surface area contributed by atoms with Crippen LogP contribution in [0.15, 0.2) is 34.9 Å². The Labute approximate surface area is 131 Å². The van der Waals surface area contributed by atoms with Crippen molar-refractivity contribution in [1.29, 1.82) is 0 Å². The topological polar surface area (TPSA) is 39.2 Å². The van der Waals surface area contributed by atoms with Crippen molar-refractivity contribution >= 4 is 16.7 Å². The lowest BCUT2D eigenvalue weighted by atomic mass is 9.94. The van der Waals surface area contributed by atoms with Crippen LogP contribution in [0.1, 0.15) is 42.0 Å². The molecule has 1 heterocycles. The normalized spacial score (nSPS) is 11.5. The second kappa shape index (κ2) is 5.20. The number of furan rings is 1. The highest BCUT2D eigenvalue weighted by atomic mass is 16.3. The molecule has 2 aromatic carbocycles. The standard InChI is InChI=1S/C20H23NO/c1-11(2)15-6-8-16(9-7-15)17-10-22-20-13(4)12(3)19(21)14(5)18(17)20/h6-11H,21H2,1-5H3. The minimum Gasteiger partial charge on any atom is -0.463 e. The van der Waals surface area contributed by atoms with Gasteiger partial charge in [0.05, 0.1) is 6.26 Å². The van der Waals surface area contributed by atoms with Gasteiger partial charge in [-0.25, -0.2) is 0 Å². The highest BCUT2D eigenvalue weighted by Gasteiger charge is 2.17. The monoisotopic (exact) mass is 293 g/mol. The van der Waals surface area contributed by atoms with Gasteiger partial charge in [-0.3, -0.25) is 0 Å². The molecule has 0 radical (unpaired) electrons. The Morgan fingerprint density at radius 2 is 1.55 bits per heavy atom. The summed E-state index contributed by atoms with van der Waals surface area (Å²) in [6, 6.07) is 8.73. The van der Waals surface area contributed by atoms with E-state index in [4.69, 9.17) is 10.2 Å². The summed E-state index contributed by atoms with van der Waals surface area (Å²) in [5.74, 6) is 0.539. The van der Waals surface area contributed by atoms with Gasteiger partial charge in [0.15, 0.2) is 0 Å². The molecule has 0 aliphatic heterocycles. The van der Waals surface area contributed by atoms with E-state index in [-0.39, 0.29) is 0 Å². The van der Waals surface area contributed by atoms with E-state index in [1.54, 1.807) is 0 Å². The summed E-state index contributed by atoms with van der Waals surface area (Å²) in [7, 11) is 0. The number of rotatable bonds is 2. The van der Waals surface area contributed by atoms with Crippen LogP contribution in [0.2, 0.25) is 0 Å². The zero-order valence-corrected chi connectivity index (χ0v) is 13.9. The molecule has 0 saturated carbocycles. The van der Waals surface area contributed by atoms with Crippen molar-refractivity contribution in [3.8, 4) is 11.1 Å². The molecule has 1 aromatic heterocycles. The van der Waals surface area contributed by atoms with Crippen molar-refractivity contribution in [2.75, 3.05) is 5.73 Å². The zero-order chi connectivity index (χ0) is 16.0. The number of nitrogen functional groups attached to an aromatic ring is 1. The highest BCUT2D eigenvalue weighted by molar-refractivity contribution is 6.01. The SMILES string of the molecule is Cc1c(N)c(C)c2c(-c3ccc(C(C)C)cc3)coc2c1C. The Morgan fingerprint density at radius 1 is 0.909 bits per heavy atom. The third-order valence-corrected chi connectivity index (χ3v) is 4.77. The molecule has 0 fully saturated rings. The van der Waals surface area contributed by atoms with Crippen LogP contribution in [-0.2, 0) is 0 Å². The highest BCUT2D eigenvalue weighted by Crippen LogP contribution is 2.39. The smallest absolute Gasteiger partial charge is 0.138 e. The first kappa shape index (κ1) is 14.7. The average molecular weight is 293 g/mol. The van der Waals surface area contributed by atoms with Crippen molar-refractivity contribution in [3.05, 3.63) is 52.8 Å². The number of fused-ring (bicyclic) bond motifs is 1. The molecule has 0 saturated heterocycles. The summed E-state index contributed by atoms with van der Waals surface area (Å²) in [6.45, 7) is 10.6. The van der Waals surface area contributed by atoms with Gasteiger partial charge in [0.25, 0.3) is 0 Å². The van der Waals surface area contributed by atoms with E-state index < -0.39 is 0 Å². The number of aryl methyl sites for hydroxylation is 2. The van der Waals surface area contributed by atoms with Crippen molar-refractivity contribution in [2.24, 2.45) is 0 Å². The lowest BCUT2D eigenvalue weighted by molar-refractivity contribution is 0.614. The first-order valence-corrected chi connectivity index (χ1v) is 7.78. The van der Waals surface area contributed by atoms with Gasteiger partial charge in [-0.2, -0.15) is 0 Å². The number of benzene rings is 2. The fourth-order valence-electron chi connectivity index (χ4n) is 3.05. The Balaban J connectivity index is 2.24. The number of hydrogen-bond acceptors (Lipinski definition) is 2. The molecule has 0 spiro atoms. The van der Waals surface area contributed by atoms with E-state index in [9.17, 15) is 0 Å². The molecule has 0 atom stereocenters. The summed E-state index contributed by atoms with van der Waals surface area (Å²) in [4.78, 5) is 0. The summed E-state index contributed by atoms with van der Waals surface area (Å²) in [6.07, 6.45) is 1.86. The Bertz CT molecular complexity index is 839. The molecule has 2 heteroatoms. The van der Waals surface area contributed by atoms with Crippen LogP contribution < -0.4 is 5.73 Å². The molecule has 0 unspecified atom stereocenters. The van der Waals surface area contributed by atoms with Crippen LogP contribution in [0, 0.1) is 20.8 Å². The molecule has 22 heavy (non-hydrogen) atoms. The van der Waals surface area contributed by atoms with Crippen molar-refractivity contribution < 1.29 is 4.42 Å². The van der Waals surface area contributed by atoms with E-state index >= 15 is 0 Å². The van der Waals surface area contributed by atoms with Crippen LogP contribution in [0.4, 0.5) is 5.69 Å². The third kappa shape index (κ3) is 2.10. The van der Waals surface area contributed by atoms with Crippen molar-refractivity contribution in [1.82, 2.24) is 0 Å². The van der Waals surface area contributed by atoms with Crippen LogP contribution in [0.3, 0.4) is 0 Å². The van der Waals surface area contributed by atoms with Gasteiger partial charge >= 0.3 is 0 Å². The second-order valence-corrected chi connectivity index (χ2v) is 6.42. The van der Waals surface area contributed by atoms with Crippen molar-refractivity contribution in [3.63, 3.8) is 0 Å².